The van der Waals surface area contributed by atoms with E-state index < -0.39 is 0 Å². The van der Waals surface area contributed by atoms with Crippen molar-refractivity contribution in [3.05, 3.63) is 65.3 Å². The normalized spacial score (nSPS) is 29.4. The largest absolute Gasteiger partial charge is 0.393 e. The number of benzene rings is 1. The Morgan fingerprint density at radius 2 is 1.64 bits per heavy atom. The summed E-state index contributed by atoms with van der Waals surface area (Å²) >= 11 is 0. The van der Waals surface area contributed by atoms with Crippen molar-refractivity contribution in [2.75, 3.05) is 26.2 Å². The van der Waals surface area contributed by atoms with Crippen molar-refractivity contribution in [3.63, 3.8) is 0 Å². The lowest BCUT2D eigenvalue weighted by Gasteiger charge is -2.59. The lowest BCUT2D eigenvalue weighted by Crippen LogP contribution is -2.54. The van der Waals surface area contributed by atoms with E-state index in [0.717, 1.165) is 49.7 Å². The molecule has 1 saturated heterocycles. The highest BCUT2D eigenvalue weighted by Crippen LogP contribution is 2.61. The first kappa shape index (κ1) is 29.3. The summed E-state index contributed by atoms with van der Waals surface area (Å²) in [5, 5.41) is 10.7. The van der Waals surface area contributed by atoms with Gasteiger partial charge in [-0.2, -0.15) is 0 Å². The molecule has 0 aromatic heterocycles. The molecule has 0 unspecified atom stereocenters. The number of piperazine rings is 1. The third-order valence-corrected chi connectivity index (χ3v) is 10.1. The van der Waals surface area contributed by atoms with E-state index in [1.807, 2.05) is 47.1 Å². The molecular formula is C34H48N2O3. The number of amides is 2. The molecule has 1 heterocycles. The quantitative estimate of drug-likeness (QED) is 0.352. The van der Waals surface area contributed by atoms with Gasteiger partial charge in [0.1, 0.15) is 0 Å². The van der Waals surface area contributed by atoms with Gasteiger partial charge in [0, 0.05) is 38.3 Å². The number of aryl methyl sites for hydroxylation is 1. The molecule has 5 heteroatoms. The first-order valence-corrected chi connectivity index (χ1v) is 14.8. The van der Waals surface area contributed by atoms with Gasteiger partial charge in [-0.25, -0.2) is 0 Å². The molecule has 212 valence electrons. The minimum absolute atomic E-state index is 0.00711. The number of carbonyl (C=O) groups excluding carboxylic acids is 2. The zero-order valence-electron chi connectivity index (χ0n) is 24.7. The smallest absolute Gasteiger partial charge is 0.246 e. The Morgan fingerprint density at radius 1 is 1.03 bits per heavy atom. The second-order valence-electron chi connectivity index (χ2n) is 13.1. The lowest BCUT2D eigenvalue weighted by atomic mass is 9.46. The maximum absolute atomic E-state index is 13.0. The predicted octanol–water partition coefficient (Wildman–Crippen LogP) is 6.18. The van der Waals surface area contributed by atoms with Crippen LogP contribution >= 0.6 is 0 Å². The number of fused-ring (bicyclic) bond motifs is 1. The van der Waals surface area contributed by atoms with Crippen molar-refractivity contribution in [2.45, 2.75) is 79.2 Å². The Kier molecular flexibility index (Phi) is 8.90. The molecule has 2 amide bonds. The molecule has 0 spiro atoms. The summed E-state index contributed by atoms with van der Waals surface area (Å²) in [6.07, 6.45) is 11.0. The van der Waals surface area contributed by atoms with Gasteiger partial charge >= 0.3 is 0 Å². The number of aliphatic hydroxyl groups is 1. The van der Waals surface area contributed by atoms with Crippen LogP contribution in [0.2, 0.25) is 0 Å². The number of carbonyl (C=O) groups is 2. The van der Waals surface area contributed by atoms with Gasteiger partial charge in [-0.1, -0.05) is 68.3 Å². The van der Waals surface area contributed by atoms with Gasteiger partial charge in [-0.05, 0) is 86.7 Å². The molecule has 0 radical (unpaired) electrons. The Morgan fingerprint density at radius 3 is 2.28 bits per heavy atom. The van der Waals surface area contributed by atoms with E-state index in [-0.39, 0.29) is 28.7 Å². The van der Waals surface area contributed by atoms with Crippen LogP contribution in [0.4, 0.5) is 0 Å². The third kappa shape index (κ3) is 6.40. The van der Waals surface area contributed by atoms with Crippen LogP contribution in [0.15, 0.2) is 54.1 Å². The van der Waals surface area contributed by atoms with Crippen molar-refractivity contribution >= 4 is 17.9 Å². The summed E-state index contributed by atoms with van der Waals surface area (Å²) in [6, 6.07) is 8.09. The summed E-state index contributed by atoms with van der Waals surface area (Å²) in [5.74, 6) is 0.945. The van der Waals surface area contributed by atoms with E-state index in [9.17, 15) is 14.7 Å². The van der Waals surface area contributed by atoms with E-state index >= 15 is 0 Å². The molecule has 4 atom stereocenters. The summed E-state index contributed by atoms with van der Waals surface area (Å²) in [5.41, 5.74) is 4.73. The second-order valence-corrected chi connectivity index (χ2v) is 13.1. The average molecular weight is 533 g/mol. The fourth-order valence-electron chi connectivity index (χ4n) is 7.54. The number of nitrogens with zero attached hydrogens (tertiary/aromatic N) is 2. The van der Waals surface area contributed by atoms with Gasteiger partial charge < -0.3 is 14.9 Å². The molecule has 1 N–H and O–H groups in total. The number of rotatable bonds is 6. The Hall–Kier alpha value is -2.66. The molecule has 2 saturated carbocycles. The van der Waals surface area contributed by atoms with Crippen LogP contribution < -0.4 is 0 Å². The van der Waals surface area contributed by atoms with Crippen molar-refractivity contribution in [1.29, 1.82) is 0 Å². The number of hydrogen-bond donors (Lipinski definition) is 1. The average Bonchev–Trinajstić information content (AvgIpc) is 2.90. The Balaban J connectivity index is 1.29. The van der Waals surface area contributed by atoms with Gasteiger partial charge in [0.15, 0.2) is 0 Å². The van der Waals surface area contributed by atoms with Crippen molar-refractivity contribution < 1.29 is 14.7 Å². The van der Waals surface area contributed by atoms with Crippen LogP contribution in [0.3, 0.4) is 0 Å². The van der Waals surface area contributed by atoms with Gasteiger partial charge in [-0.15, -0.1) is 0 Å². The maximum atomic E-state index is 13.0. The summed E-state index contributed by atoms with van der Waals surface area (Å²) in [6.45, 7) is 17.7. The highest BCUT2D eigenvalue weighted by atomic mass is 16.3. The zero-order valence-corrected chi connectivity index (χ0v) is 24.7. The van der Waals surface area contributed by atoms with E-state index in [2.05, 4.69) is 34.3 Å². The second kappa shape index (κ2) is 11.8. The topological polar surface area (TPSA) is 60.9 Å². The summed E-state index contributed by atoms with van der Waals surface area (Å²) < 4.78 is 0. The van der Waals surface area contributed by atoms with Crippen molar-refractivity contribution in [1.82, 2.24) is 9.80 Å². The molecule has 3 aliphatic rings. The minimum atomic E-state index is -0.234. The van der Waals surface area contributed by atoms with Crippen LogP contribution in [0.25, 0.3) is 6.08 Å². The van der Waals surface area contributed by atoms with E-state index in [1.165, 1.54) is 11.1 Å². The molecule has 1 aliphatic heterocycles. The molecule has 2 aliphatic carbocycles. The fraction of sp³-hybridized carbons (Fsp3) is 0.588. The van der Waals surface area contributed by atoms with Crippen LogP contribution in [-0.2, 0) is 9.59 Å². The van der Waals surface area contributed by atoms with Crippen molar-refractivity contribution in [3.8, 4) is 0 Å². The van der Waals surface area contributed by atoms with E-state index in [1.54, 1.807) is 12.2 Å². The first-order chi connectivity index (χ1) is 18.4. The molecule has 39 heavy (non-hydrogen) atoms. The van der Waals surface area contributed by atoms with Crippen molar-refractivity contribution in [2.24, 2.45) is 22.7 Å². The lowest BCUT2D eigenvalue weighted by molar-refractivity contribution is -0.134. The molecular weight excluding hydrogens is 484 g/mol. The molecule has 1 aromatic carbocycles. The molecule has 1 aromatic rings. The highest BCUT2D eigenvalue weighted by molar-refractivity contribution is 5.92. The van der Waals surface area contributed by atoms with Crippen LogP contribution in [0.1, 0.15) is 77.3 Å². The predicted molar refractivity (Wildman–Crippen MR) is 159 cm³/mol. The van der Waals surface area contributed by atoms with E-state index in [0.29, 0.717) is 38.0 Å². The van der Waals surface area contributed by atoms with Gasteiger partial charge in [0.05, 0.1) is 6.10 Å². The third-order valence-electron chi connectivity index (χ3n) is 10.1. The van der Waals surface area contributed by atoms with Gasteiger partial charge in [0.25, 0.3) is 0 Å². The maximum Gasteiger partial charge on any atom is 0.246 e. The number of aliphatic hydroxyl groups excluding tert-OH is 1. The SMILES string of the molecule is C=C1CC[C@@H]2C(C)(C)[C@H](O)CC[C@@]2(C)[C@@H]1CC/C(C)=C/C(=O)N1CCN(C(=O)/C=C/c2ccc(C)cc2)CC1. The highest BCUT2D eigenvalue weighted by Gasteiger charge is 2.55. The molecule has 5 nitrogen and oxygen atoms in total. The van der Waals surface area contributed by atoms with Gasteiger partial charge in [0.2, 0.25) is 11.8 Å². The minimum Gasteiger partial charge on any atom is -0.393 e. The Bertz CT molecular complexity index is 1120. The summed E-state index contributed by atoms with van der Waals surface area (Å²) in [4.78, 5) is 29.4. The Labute approximate surface area is 235 Å². The monoisotopic (exact) mass is 532 g/mol. The standard InChI is InChI=1S/C34H48N2O3/c1-24-7-11-27(12-8-24)13-16-31(38)35-19-21-36(22-20-35)32(39)23-25(2)9-14-28-26(3)10-15-29-33(4,5)30(37)17-18-34(28,29)6/h7-8,11-13,16,23,28-30,37H,3,9-10,14-15,17-22H2,1-2,4-6H3/b16-13+,25-23+/t28-,29-,30-,34+/m1/s1. The van der Waals surface area contributed by atoms with Crippen LogP contribution in [0.5, 0.6) is 0 Å². The number of hydrogen-bond acceptors (Lipinski definition) is 3. The zero-order chi connectivity index (χ0) is 28.4. The molecule has 4 rings (SSSR count). The number of allylic oxidation sites excluding steroid dienone is 2. The molecule has 0 bridgehead atoms. The first-order valence-electron chi connectivity index (χ1n) is 14.8. The summed E-state index contributed by atoms with van der Waals surface area (Å²) in [7, 11) is 0. The molecule has 3 fully saturated rings. The van der Waals surface area contributed by atoms with Gasteiger partial charge in [-0.3, -0.25) is 9.59 Å². The fourth-order valence-corrected chi connectivity index (χ4v) is 7.54. The van der Waals surface area contributed by atoms with Crippen LogP contribution in [-0.4, -0.2) is 59.0 Å². The van der Waals surface area contributed by atoms with Crippen LogP contribution in [0, 0.1) is 29.6 Å². The van der Waals surface area contributed by atoms with E-state index in [4.69, 9.17) is 0 Å².